The molecule has 1 amide bonds. The summed E-state index contributed by atoms with van der Waals surface area (Å²) in [4.78, 5) is 24.1. The van der Waals surface area contributed by atoms with Gasteiger partial charge in [-0.2, -0.15) is 0 Å². The van der Waals surface area contributed by atoms with Crippen LogP contribution >= 0.6 is 11.3 Å². The number of amides is 1. The molecule has 0 spiro atoms. The minimum absolute atomic E-state index is 0.0744. The molecule has 6 nitrogen and oxygen atoms in total. The van der Waals surface area contributed by atoms with Gasteiger partial charge in [0.15, 0.2) is 0 Å². The number of carbonyl (C=O) groups is 1. The summed E-state index contributed by atoms with van der Waals surface area (Å²) in [6.45, 7) is 6.91. The van der Waals surface area contributed by atoms with E-state index in [9.17, 15) is 4.79 Å². The van der Waals surface area contributed by atoms with Gasteiger partial charge >= 0.3 is 0 Å². The molecule has 1 unspecified atom stereocenters. The van der Waals surface area contributed by atoms with E-state index < -0.39 is 0 Å². The average molecular weight is 305 g/mol. The van der Waals surface area contributed by atoms with Gasteiger partial charge in [-0.05, 0) is 25.3 Å². The second-order valence-corrected chi connectivity index (χ2v) is 5.99. The van der Waals surface area contributed by atoms with Gasteiger partial charge in [0.2, 0.25) is 5.91 Å². The third kappa shape index (κ3) is 2.84. The van der Waals surface area contributed by atoms with E-state index in [2.05, 4.69) is 32.4 Å². The van der Waals surface area contributed by atoms with Gasteiger partial charge in [0.1, 0.15) is 16.5 Å². The fraction of sp³-hybridized carbons (Fsp3) is 0.500. The number of hydrogen-bond donors (Lipinski definition) is 2. The molecule has 1 saturated heterocycles. The highest BCUT2D eigenvalue weighted by Crippen LogP contribution is 2.25. The monoisotopic (exact) mass is 305 g/mol. The highest BCUT2D eigenvalue weighted by molar-refractivity contribution is 7.16. The Bertz CT molecular complexity index is 656. The first-order chi connectivity index (χ1) is 10.2. The van der Waals surface area contributed by atoms with Gasteiger partial charge in [-0.15, -0.1) is 11.3 Å². The van der Waals surface area contributed by atoms with Crippen molar-refractivity contribution in [1.82, 2.24) is 20.2 Å². The van der Waals surface area contributed by atoms with Crippen molar-refractivity contribution in [3.05, 3.63) is 17.3 Å². The van der Waals surface area contributed by atoms with Gasteiger partial charge in [-0.25, -0.2) is 9.97 Å². The Hall–Kier alpha value is -1.73. The number of thiophene rings is 1. The van der Waals surface area contributed by atoms with Crippen LogP contribution in [0.3, 0.4) is 0 Å². The predicted molar refractivity (Wildman–Crippen MR) is 84.5 cm³/mol. The Balaban J connectivity index is 1.87. The number of nitrogens with zero attached hydrogens (tertiary/aromatic N) is 3. The number of hydrogen-bond acceptors (Lipinski definition) is 6. The van der Waals surface area contributed by atoms with Crippen molar-refractivity contribution in [2.45, 2.75) is 26.4 Å². The van der Waals surface area contributed by atoms with E-state index in [1.807, 2.05) is 18.4 Å². The third-order valence-corrected chi connectivity index (χ3v) is 4.49. The van der Waals surface area contributed by atoms with Crippen LogP contribution in [0.4, 0.5) is 5.82 Å². The minimum atomic E-state index is -0.135. The second-order valence-electron chi connectivity index (χ2n) is 5.10. The van der Waals surface area contributed by atoms with Gasteiger partial charge in [0.25, 0.3) is 0 Å². The Labute approximate surface area is 127 Å². The van der Waals surface area contributed by atoms with Crippen LogP contribution in [0.25, 0.3) is 10.2 Å². The number of fused-ring (bicyclic) bond motifs is 1. The summed E-state index contributed by atoms with van der Waals surface area (Å²) >= 11 is 1.62. The molecule has 7 heteroatoms. The number of carbonyl (C=O) groups excluding carboxylic acids is 1. The summed E-state index contributed by atoms with van der Waals surface area (Å²) in [5.74, 6) is 1.72. The first-order valence-electron chi connectivity index (χ1n) is 7.18. The lowest BCUT2D eigenvalue weighted by atomic mass is 10.2. The molecular weight excluding hydrogens is 286 g/mol. The van der Waals surface area contributed by atoms with Crippen LogP contribution in [0.1, 0.15) is 19.7 Å². The Morgan fingerprint density at radius 2 is 2.38 bits per heavy atom. The highest BCUT2D eigenvalue weighted by Gasteiger charge is 2.26. The van der Waals surface area contributed by atoms with Crippen molar-refractivity contribution < 1.29 is 4.79 Å². The largest absolute Gasteiger partial charge is 0.370 e. The van der Waals surface area contributed by atoms with Crippen LogP contribution in [0.15, 0.2) is 11.4 Å². The highest BCUT2D eigenvalue weighted by atomic mass is 32.1. The summed E-state index contributed by atoms with van der Waals surface area (Å²) in [5.41, 5.74) is 0. The molecular formula is C14H19N5OS. The molecule has 2 aromatic heterocycles. The molecule has 3 heterocycles. The Kier molecular flexibility index (Phi) is 4.03. The number of nitrogens with one attached hydrogen (secondary N) is 2. The maximum atomic E-state index is 11.7. The van der Waals surface area contributed by atoms with E-state index in [0.29, 0.717) is 13.1 Å². The van der Waals surface area contributed by atoms with Crippen LogP contribution in [0.5, 0.6) is 0 Å². The second kappa shape index (κ2) is 5.95. The lowest BCUT2D eigenvalue weighted by Gasteiger charge is -2.32. The quantitative estimate of drug-likeness (QED) is 0.894. The van der Waals surface area contributed by atoms with Gasteiger partial charge < -0.3 is 10.6 Å². The fourth-order valence-corrected chi connectivity index (χ4v) is 3.28. The van der Waals surface area contributed by atoms with Gasteiger partial charge in [0.05, 0.1) is 18.0 Å². The van der Waals surface area contributed by atoms with Crippen LogP contribution in [0.2, 0.25) is 0 Å². The van der Waals surface area contributed by atoms with Crippen LogP contribution in [-0.4, -0.2) is 46.5 Å². The van der Waals surface area contributed by atoms with Gasteiger partial charge in [-0.1, -0.05) is 0 Å². The fourth-order valence-electron chi connectivity index (χ4n) is 2.50. The molecule has 1 fully saturated rings. The summed E-state index contributed by atoms with van der Waals surface area (Å²) in [5, 5.41) is 9.26. The van der Waals surface area contributed by atoms with Crippen molar-refractivity contribution in [2.75, 3.05) is 25.0 Å². The lowest BCUT2D eigenvalue weighted by Crippen LogP contribution is -2.53. The van der Waals surface area contributed by atoms with Gasteiger partial charge in [0, 0.05) is 19.6 Å². The molecule has 0 radical (unpaired) electrons. The predicted octanol–water partition coefficient (Wildman–Crippen LogP) is 1.44. The molecule has 21 heavy (non-hydrogen) atoms. The third-order valence-electron chi connectivity index (χ3n) is 3.69. The molecule has 1 atom stereocenters. The first kappa shape index (κ1) is 14.2. The van der Waals surface area contributed by atoms with E-state index >= 15 is 0 Å². The Morgan fingerprint density at radius 1 is 1.52 bits per heavy atom. The molecule has 1 aliphatic heterocycles. The number of anilines is 1. The van der Waals surface area contributed by atoms with Crippen LogP contribution < -0.4 is 10.6 Å². The van der Waals surface area contributed by atoms with Crippen LogP contribution in [0, 0.1) is 0 Å². The Morgan fingerprint density at radius 3 is 3.19 bits per heavy atom. The van der Waals surface area contributed by atoms with Crippen molar-refractivity contribution in [3.8, 4) is 0 Å². The topological polar surface area (TPSA) is 70.2 Å². The minimum Gasteiger partial charge on any atom is -0.370 e. The summed E-state index contributed by atoms with van der Waals surface area (Å²) < 4.78 is 0. The van der Waals surface area contributed by atoms with E-state index in [4.69, 9.17) is 0 Å². The molecule has 3 rings (SSSR count). The zero-order chi connectivity index (χ0) is 14.8. The molecule has 1 aliphatic rings. The van der Waals surface area contributed by atoms with E-state index in [1.165, 1.54) is 0 Å². The first-order valence-corrected chi connectivity index (χ1v) is 8.06. The summed E-state index contributed by atoms with van der Waals surface area (Å²) in [6, 6.07) is 1.91. The van der Waals surface area contributed by atoms with E-state index in [-0.39, 0.29) is 11.9 Å². The van der Waals surface area contributed by atoms with Gasteiger partial charge in [-0.3, -0.25) is 9.69 Å². The molecule has 0 aliphatic carbocycles. The zero-order valence-electron chi connectivity index (χ0n) is 12.2. The molecule has 0 saturated carbocycles. The number of piperazine rings is 1. The van der Waals surface area contributed by atoms with Crippen LogP contribution in [-0.2, 0) is 11.3 Å². The lowest BCUT2D eigenvalue weighted by molar-refractivity contribution is -0.128. The molecule has 2 N–H and O–H groups in total. The summed E-state index contributed by atoms with van der Waals surface area (Å²) in [6.07, 6.45) is 0. The van der Waals surface area contributed by atoms with Crippen molar-refractivity contribution in [1.29, 1.82) is 0 Å². The van der Waals surface area contributed by atoms with E-state index in [0.717, 1.165) is 34.9 Å². The van der Waals surface area contributed by atoms with E-state index in [1.54, 1.807) is 11.3 Å². The summed E-state index contributed by atoms with van der Waals surface area (Å²) in [7, 11) is 0. The normalized spacial score (nSPS) is 19.7. The smallest absolute Gasteiger partial charge is 0.237 e. The molecule has 2 aromatic rings. The van der Waals surface area contributed by atoms with Crippen molar-refractivity contribution >= 4 is 33.3 Å². The molecule has 0 aromatic carbocycles. The standard InChI is InChI=1S/C14H19N5OS/c1-3-15-12-10-4-7-21-14(10)18-11(17-12)8-19-6-5-16-13(20)9(19)2/h4,7,9H,3,5-6,8H2,1-2H3,(H,16,20)(H,15,17,18). The SMILES string of the molecule is CCNc1nc(CN2CCNC(=O)C2C)nc2sccc12. The maximum absolute atomic E-state index is 11.7. The molecule has 112 valence electrons. The zero-order valence-corrected chi connectivity index (χ0v) is 13.0. The number of rotatable bonds is 4. The van der Waals surface area contributed by atoms with Crippen molar-refractivity contribution in [2.24, 2.45) is 0 Å². The average Bonchev–Trinajstić information content (AvgIpc) is 2.93. The maximum Gasteiger partial charge on any atom is 0.237 e. The number of aromatic nitrogens is 2. The van der Waals surface area contributed by atoms with Crippen molar-refractivity contribution in [3.63, 3.8) is 0 Å². The molecule has 0 bridgehead atoms.